The number of carboxylic acid groups (broad SMARTS) is 1. The van der Waals surface area contributed by atoms with Crippen LogP contribution >= 0.6 is 0 Å². The van der Waals surface area contributed by atoms with E-state index in [1.807, 2.05) is 6.07 Å². The number of hydrogen-bond acceptors (Lipinski definition) is 8. The molecule has 0 saturated carbocycles. The number of nitriles is 1. The number of halogens is 1. The number of fused-ring (bicyclic) bond motifs is 1. The van der Waals surface area contributed by atoms with Crippen molar-refractivity contribution in [3.63, 3.8) is 0 Å². The Kier molecular flexibility index (Phi) is 7.02. The predicted molar refractivity (Wildman–Crippen MR) is 140 cm³/mol. The maximum atomic E-state index is 14.1. The maximum absolute atomic E-state index is 14.1. The number of likely N-dealkylation sites (tertiary alicyclic amines) is 1. The second-order valence-electron chi connectivity index (χ2n) is 9.88. The molecule has 2 fully saturated rings. The molecule has 2 aliphatic heterocycles. The number of aromatic carboxylic acids is 1. The van der Waals surface area contributed by atoms with Crippen molar-refractivity contribution in [3.05, 3.63) is 82.9 Å². The van der Waals surface area contributed by atoms with Crippen LogP contribution < -0.4 is 9.47 Å². The van der Waals surface area contributed by atoms with Crippen molar-refractivity contribution < 1.29 is 28.5 Å². The number of rotatable bonds is 10. The number of nitrogens with zero attached hydrogens (tertiary/aromatic N) is 5. The Morgan fingerprint density at radius 2 is 1.98 bits per heavy atom. The van der Waals surface area contributed by atoms with Crippen molar-refractivity contribution in [1.82, 2.24) is 19.4 Å². The van der Waals surface area contributed by atoms with Crippen LogP contribution in [-0.2, 0) is 24.4 Å². The van der Waals surface area contributed by atoms with Crippen LogP contribution in [0.5, 0.6) is 11.8 Å². The van der Waals surface area contributed by atoms with Gasteiger partial charge in [0.05, 0.1) is 47.4 Å². The zero-order valence-corrected chi connectivity index (χ0v) is 21.5. The normalized spacial score (nSPS) is 17.1. The van der Waals surface area contributed by atoms with Gasteiger partial charge in [-0.1, -0.05) is 12.1 Å². The van der Waals surface area contributed by atoms with Crippen LogP contribution in [0.1, 0.15) is 33.7 Å². The summed E-state index contributed by atoms with van der Waals surface area (Å²) in [6, 6.07) is 16.3. The van der Waals surface area contributed by atoms with Crippen molar-refractivity contribution in [3.8, 4) is 17.8 Å². The van der Waals surface area contributed by atoms with E-state index in [0.29, 0.717) is 43.5 Å². The average molecular weight is 544 g/mol. The summed E-state index contributed by atoms with van der Waals surface area (Å²) < 4.78 is 33.5. The molecule has 11 heteroatoms. The average Bonchev–Trinajstić information content (AvgIpc) is 3.25. The first kappa shape index (κ1) is 25.7. The molecule has 6 rings (SSSR count). The fourth-order valence-electron chi connectivity index (χ4n) is 4.79. The van der Waals surface area contributed by atoms with Gasteiger partial charge < -0.3 is 23.9 Å². The molecule has 0 radical (unpaired) electrons. The highest BCUT2D eigenvalue weighted by atomic mass is 19.1. The van der Waals surface area contributed by atoms with E-state index in [4.69, 9.17) is 24.5 Å². The van der Waals surface area contributed by atoms with Gasteiger partial charge in [-0.3, -0.25) is 4.90 Å². The van der Waals surface area contributed by atoms with Crippen LogP contribution in [0.25, 0.3) is 11.0 Å². The highest BCUT2D eigenvalue weighted by molar-refractivity contribution is 5.92. The van der Waals surface area contributed by atoms with E-state index in [0.717, 1.165) is 29.9 Å². The number of benzene rings is 2. The molecule has 204 valence electrons. The Labute approximate surface area is 229 Å². The Hall–Kier alpha value is -4.53. The Bertz CT molecular complexity index is 1610. The summed E-state index contributed by atoms with van der Waals surface area (Å²) in [5.74, 6) is 0.110. The minimum absolute atomic E-state index is 0.0218. The molecule has 0 amide bonds. The first-order chi connectivity index (χ1) is 19.4. The van der Waals surface area contributed by atoms with E-state index in [2.05, 4.69) is 14.5 Å². The lowest BCUT2D eigenvalue weighted by Gasteiger charge is -2.38. The molecule has 40 heavy (non-hydrogen) atoms. The molecular weight excluding hydrogens is 517 g/mol. The molecular formula is C29H26FN5O5. The van der Waals surface area contributed by atoms with Gasteiger partial charge in [0.25, 0.3) is 0 Å². The van der Waals surface area contributed by atoms with E-state index in [1.54, 1.807) is 42.5 Å². The minimum atomic E-state index is -0.969. The van der Waals surface area contributed by atoms with E-state index in [-0.39, 0.29) is 29.9 Å². The Morgan fingerprint density at radius 1 is 1.15 bits per heavy atom. The van der Waals surface area contributed by atoms with E-state index >= 15 is 0 Å². The Balaban J connectivity index is 1.07. The van der Waals surface area contributed by atoms with Gasteiger partial charge >= 0.3 is 5.97 Å². The lowest BCUT2D eigenvalue weighted by molar-refractivity contribution is -0.0596. The SMILES string of the molecule is N#Cc1ccc(COc2cccc(OC3CN(Cc4nc5ccc(C(=O)O)cc5n4C[C@@H]4CCO4)C3)n2)c(F)c1. The molecule has 1 N–H and O–H groups in total. The molecule has 4 heterocycles. The van der Waals surface area contributed by atoms with Crippen LogP contribution in [0.3, 0.4) is 0 Å². The number of imidazole rings is 1. The molecule has 0 unspecified atom stereocenters. The molecule has 2 aromatic heterocycles. The van der Waals surface area contributed by atoms with E-state index < -0.39 is 11.8 Å². The summed E-state index contributed by atoms with van der Waals surface area (Å²) >= 11 is 0. The third kappa shape index (κ3) is 5.45. The number of carbonyl (C=O) groups is 1. The highest BCUT2D eigenvalue weighted by Gasteiger charge is 2.31. The second kappa shape index (κ2) is 10.9. The number of hydrogen-bond donors (Lipinski definition) is 1. The monoisotopic (exact) mass is 543 g/mol. The van der Waals surface area contributed by atoms with Crippen molar-refractivity contribution in [2.24, 2.45) is 0 Å². The minimum Gasteiger partial charge on any atom is -0.478 e. The first-order valence-electron chi connectivity index (χ1n) is 13.0. The number of ether oxygens (including phenoxy) is 3. The maximum Gasteiger partial charge on any atom is 0.335 e. The summed E-state index contributed by atoms with van der Waals surface area (Å²) in [7, 11) is 0. The van der Waals surface area contributed by atoms with Gasteiger partial charge in [-0.05, 0) is 36.8 Å². The largest absolute Gasteiger partial charge is 0.478 e. The van der Waals surface area contributed by atoms with E-state index in [9.17, 15) is 14.3 Å². The standard InChI is InChI=1S/C29H26FN5O5/c30-23-10-18(12-31)4-5-20(23)17-39-27-2-1-3-28(33-27)40-22-13-34(14-22)16-26-32-24-7-6-19(29(36)37)11-25(24)35(26)15-21-8-9-38-21/h1-7,10-11,21-22H,8-9,13-17H2,(H,36,37)/t21-/m0/s1. The summed E-state index contributed by atoms with van der Waals surface area (Å²) in [6.45, 7) is 3.29. The molecule has 2 aromatic carbocycles. The van der Waals surface area contributed by atoms with Crippen molar-refractivity contribution in [2.45, 2.75) is 38.3 Å². The molecule has 2 saturated heterocycles. The van der Waals surface area contributed by atoms with Gasteiger partial charge in [-0.15, -0.1) is 0 Å². The number of carboxylic acids is 1. The van der Waals surface area contributed by atoms with Gasteiger partial charge in [0.15, 0.2) is 0 Å². The molecule has 4 aromatic rings. The molecule has 0 spiro atoms. The third-order valence-corrected chi connectivity index (χ3v) is 7.09. The highest BCUT2D eigenvalue weighted by Crippen LogP contribution is 2.26. The van der Waals surface area contributed by atoms with Crippen LogP contribution in [0.15, 0.2) is 54.6 Å². The van der Waals surface area contributed by atoms with Crippen LogP contribution in [0.2, 0.25) is 0 Å². The summed E-state index contributed by atoms with van der Waals surface area (Å²) in [4.78, 5) is 22.9. The van der Waals surface area contributed by atoms with Gasteiger partial charge in [0.2, 0.25) is 11.8 Å². The zero-order valence-electron chi connectivity index (χ0n) is 21.5. The van der Waals surface area contributed by atoms with Crippen LogP contribution in [0.4, 0.5) is 4.39 Å². The van der Waals surface area contributed by atoms with E-state index in [1.165, 1.54) is 12.1 Å². The van der Waals surface area contributed by atoms with Gasteiger partial charge in [0, 0.05) is 37.4 Å². The van der Waals surface area contributed by atoms with Gasteiger partial charge in [-0.25, -0.2) is 14.2 Å². The zero-order chi connectivity index (χ0) is 27.6. The fourth-order valence-corrected chi connectivity index (χ4v) is 4.79. The number of aromatic nitrogens is 3. The summed E-state index contributed by atoms with van der Waals surface area (Å²) in [6.07, 6.45) is 1.01. The smallest absolute Gasteiger partial charge is 0.335 e. The lowest BCUT2D eigenvalue weighted by Crippen LogP contribution is -2.53. The topological polar surface area (TPSA) is 123 Å². The molecule has 0 bridgehead atoms. The quantitative estimate of drug-likeness (QED) is 0.318. The summed E-state index contributed by atoms with van der Waals surface area (Å²) in [5, 5.41) is 18.3. The third-order valence-electron chi connectivity index (χ3n) is 7.09. The van der Waals surface area contributed by atoms with Crippen molar-refractivity contribution in [2.75, 3.05) is 19.7 Å². The Morgan fingerprint density at radius 3 is 2.70 bits per heavy atom. The molecule has 10 nitrogen and oxygen atoms in total. The molecule has 0 aliphatic carbocycles. The van der Waals surface area contributed by atoms with Crippen molar-refractivity contribution in [1.29, 1.82) is 5.26 Å². The van der Waals surface area contributed by atoms with Crippen LogP contribution in [-0.4, -0.2) is 62.4 Å². The van der Waals surface area contributed by atoms with Crippen molar-refractivity contribution >= 4 is 17.0 Å². The lowest BCUT2D eigenvalue weighted by atomic mass is 10.1. The van der Waals surface area contributed by atoms with Crippen LogP contribution in [0, 0.1) is 17.1 Å². The predicted octanol–water partition coefficient (Wildman–Crippen LogP) is 3.77. The van der Waals surface area contributed by atoms with Gasteiger partial charge in [0.1, 0.15) is 24.4 Å². The molecule has 1 atom stereocenters. The fraction of sp³-hybridized carbons (Fsp3) is 0.310. The first-order valence-corrected chi connectivity index (χ1v) is 13.0. The second-order valence-corrected chi connectivity index (χ2v) is 9.88. The summed E-state index contributed by atoms with van der Waals surface area (Å²) in [5.41, 5.74) is 2.36. The molecule has 2 aliphatic rings. The van der Waals surface area contributed by atoms with Gasteiger partial charge in [-0.2, -0.15) is 10.2 Å². The number of pyridine rings is 1.